The van der Waals surface area contributed by atoms with Crippen LogP contribution < -0.4 is 0 Å². The van der Waals surface area contributed by atoms with Crippen molar-refractivity contribution in [3.05, 3.63) is 147 Å². The summed E-state index contributed by atoms with van der Waals surface area (Å²) in [5, 5.41) is 8.55. The van der Waals surface area contributed by atoms with Crippen LogP contribution in [0, 0.1) is 48.6 Å². The van der Waals surface area contributed by atoms with Gasteiger partial charge in [0.05, 0.1) is 5.71 Å². The van der Waals surface area contributed by atoms with Crippen molar-refractivity contribution in [2.45, 2.75) is 33.1 Å². The van der Waals surface area contributed by atoms with Gasteiger partial charge in [-0.1, -0.05) is 66.4 Å². The van der Waals surface area contributed by atoms with Crippen molar-refractivity contribution in [1.82, 2.24) is 4.90 Å². The molecule has 1 saturated heterocycles. The summed E-state index contributed by atoms with van der Waals surface area (Å²) < 4.78 is 27.3. The molecular formula is C38H34F2N2O. The molecule has 216 valence electrons. The van der Waals surface area contributed by atoms with Crippen molar-refractivity contribution in [3.63, 3.8) is 0 Å². The van der Waals surface area contributed by atoms with Crippen LogP contribution in [0.15, 0.2) is 96.6 Å². The van der Waals surface area contributed by atoms with Gasteiger partial charge >= 0.3 is 0 Å². The lowest BCUT2D eigenvalue weighted by molar-refractivity contribution is 0.0703. The van der Waals surface area contributed by atoms with Crippen molar-refractivity contribution in [1.29, 1.82) is 5.41 Å². The molecule has 4 aromatic rings. The Balaban J connectivity index is 1.29. The maximum Gasteiger partial charge on any atom is 0.253 e. The average molecular weight is 573 g/mol. The summed E-state index contributed by atoms with van der Waals surface area (Å²) in [6, 6.07) is 26.1. The highest BCUT2D eigenvalue weighted by Gasteiger charge is 2.26. The zero-order valence-corrected chi connectivity index (χ0v) is 24.5. The molecule has 4 aromatic carbocycles. The number of carbonyl (C=O) groups excluding carboxylic acids is 1. The molecule has 0 unspecified atom stereocenters. The molecule has 0 saturated carbocycles. The fourth-order valence-electron chi connectivity index (χ4n) is 5.52. The van der Waals surface area contributed by atoms with Crippen molar-refractivity contribution in [3.8, 4) is 11.8 Å². The first-order valence-corrected chi connectivity index (χ1v) is 14.5. The van der Waals surface area contributed by atoms with E-state index in [0.717, 1.165) is 35.1 Å². The van der Waals surface area contributed by atoms with Crippen LogP contribution in [0.3, 0.4) is 0 Å². The van der Waals surface area contributed by atoms with Gasteiger partial charge in [-0.25, -0.2) is 8.78 Å². The number of hydrogen-bond acceptors (Lipinski definition) is 2. The molecule has 1 aliphatic rings. The molecule has 0 bridgehead atoms. The number of carbonyl (C=O) groups is 1. The van der Waals surface area contributed by atoms with Gasteiger partial charge in [-0.15, -0.1) is 0 Å². The van der Waals surface area contributed by atoms with Crippen LogP contribution in [-0.2, 0) is 6.42 Å². The van der Waals surface area contributed by atoms with E-state index in [-0.39, 0.29) is 29.2 Å². The molecule has 1 N–H and O–H groups in total. The number of halogens is 2. The predicted octanol–water partition coefficient (Wildman–Crippen LogP) is 8.18. The number of amides is 1. The number of hydrogen-bond donors (Lipinski definition) is 1. The SMILES string of the molecule is Cc1ccccc1/C=C(\C#CCc1cccc(F)c1)C1CCN(C(=O)c2ccc(C(=N)c3cccc(F)c3)c(C)c2)CC1. The quantitative estimate of drug-likeness (QED) is 0.184. The summed E-state index contributed by atoms with van der Waals surface area (Å²) in [6.45, 7) is 5.18. The van der Waals surface area contributed by atoms with Gasteiger partial charge in [-0.2, -0.15) is 0 Å². The first-order chi connectivity index (χ1) is 20.8. The highest BCUT2D eigenvalue weighted by atomic mass is 19.1. The van der Waals surface area contributed by atoms with Crippen molar-refractivity contribution >= 4 is 17.7 Å². The third-order valence-corrected chi connectivity index (χ3v) is 7.99. The fourth-order valence-corrected chi connectivity index (χ4v) is 5.52. The second kappa shape index (κ2) is 13.4. The molecule has 3 nitrogen and oxygen atoms in total. The number of aryl methyl sites for hydroxylation is 2. The number of piperidine rings is 1. The van der Waals surface area contributed by atoms with Gasteiger partial charge in [0.1, 0.15) is 11.6 Å². The summed E-state index contributed by atoms with van der Waals surface area (Å²) in [5.41, 5.74) is 6.94. The molecular weight excluding hydrogens is 538 g/mol. The maximum atomic E-state index is 13.7. The third kappa shape index (κ3) is 7.34. The summed E-state index contributed by atoms with van der Waals surface area (Å²) in [6.07, 6.45) is 4.21. The highest BCUT2D eigenvalue weighted by molar-refractivity contribution is 6.12. The Morgan fingerprint density at radius 2 is 1.58 bits per heavy atom. The fraction of sp³-hybridized carbons (Fsp3) is 0.211. The van der Waals surface area contributed by atoms with E-state index >= 15 is 0 Å². The van der Waals surface area contributed by atoms with Gasteiger partial charge < -0.3 is 4.90 Å². The lowest BCUT2D eigenvalue weighted by atomic mass is 9.87. The van der Waals surface area contributed by atoms with Gasteiger partial charge in [-0.05, 0) is 97.3 Å². The number of nitrogens with one attached hydrogen (secondary N) is 1. The molecule has 5 rings (SSSR count). The Morgan fingerprint density at radius 1 is 0.860 bits per heavy atom. The monoisotopic (exact) mass is 572 g/mol. The Hall–Kier alpha value is -4.82. The van der Waals surface area contributed by atoms with Gasteiger partial charge in [0.2, 0.25) is 0 Å². The van der Waals surface area contributed by atoms with Crippen LogP contribution in [0.25, 0.3) is 6.08 Å². The number of nitrogens with zero attached hydrogens (tertiary/aromatic N) is 1. The Bertz CT molecular complexity index is 1750. The van der Waals surface area contributed by atoms with Gasteiger partial charge in [0, 0.05) is 41.8 Å². The van der Waals surface area contributed by atoms with Crippen LogP contribution in [0.5, 0.6) is 0 Å². The predicted molar refractivity (Wildman–Crippen MR) is 169 cm³/mol. The average Bonchev–Trinajstić information content (AvgIpc) is 3.01. The molecule has 1 heterocycles. The zero-order valence-electron chi connectivity index (χ0n) is 24.5. The Labute approximate surface area is 252 Å². The van der Waals surface area contributed by atoms with E-state index in [2.05, 4.69) is 37.0 Å². The van der Waals surface area contributed by atoms with Crippen molar-refractivity contribution < 1.29 is 13.6 Å². The summed E-state index contributed by atoms with van der Waals surface area (Å²) >= 11 is 0. The molecule has 0 radical (unpaired) electrons. The van der Waals surface area contributed by atoms with Crippen LogP contribution in [0.1, 0.15) is 56.6 Å². The largest absolute Gasteiger partial charge is 0.339 e. The van der Waals surface area contributed by atoms with E-state index in [9.17, 15) is 13.6 Å². The van der Waals surface area contributed by atoms with E-state index in [0.29, 0.717) is 36.2 Å². The molecule has 1 amide bonds. The van der Waals surface area contributed by atoms with Crippen molar-refractivity contribution in [2.75, 3.05) is 13.1 Å². The smallest absolute Gasteiger partial charge is 0.253 e. The van der Waals surface area contributed by atoms with E-state index in [1.807, 2.05) is 36.1 Å². The number of likely N-dealkylation sites (tertiary alicyclic amines) is 1. The van der Waals surface area contributed by atoms with E-state index in [1.165, 1.54) is 29.8 Å². The Kier molecular flexibility index (Phi) is 9.27. The number of benzene rings is 4. The zero-order chi connectivity index (χ0) is 30.3. The summed E-state index contributed by atoms with van der Waals surface area (Å²) in [4.78, 5) is 15.3. The van der Waals surface area contributed by atoms with Crippen molar-refractivity contribution in [2.24, 2.45) is 5.92 Å². The molecule has 43 heavy (non-hydrogen) atoms. The standard InChI is InChI=1S/C38H34F2N2O/c1-26-8-3-4-11-30(26)24-31(12-5-9-28-10-6-14-34(39)23-28)29-18-20-42(21-19-29)38(43)33-16-17-36(27(2)22-33)37(41)32-13-7-15-35(40)25-32/h3-4,6-8,10-11,13-17,22-25,29,41H,9,18-21H2,1-2H3/b31-24+,41-37?. The minimum atomic E-state index is -0.385. The number of rotatable bonds is 6. The van der Waals surface area contributed by atoms with Crippen LogP contribution in [-0.4, -0.2) is 29.6 Å². The maximum absolute atomic E-state index is 13.7. The topological polar surface area (TPSA) is 44.2 Å². The summed E-state index contributed by atoms with van der Waals surface area (Å²) in [7, 11) is 0. The van der Waals surface area contributed by atoms with Crippen LogP contribution in [0.4, 0.5) is 8.78 Å². The lowest BCUT2D eigenvalue weighted by Crippen LogP contribution is -2.38. The van der Waals surface area contributed by atoms with Gasteiger partial charge in [0.25, 0.3) is 5.91 Å². The molecule has 0 aliphatic carbocycles. The molecule has 5 heteroatoms. The molecule has 1 aliphatic heterocycles. The van der Waals surface area contributed by atoms with Gasteiger partial charge in [-0.3, -0.25) is 10.2 Å². The normalized spacial score (nSPS) is 13.8. The number of allylic oxidation sites excluding steroid dienone is 1. The first-order valence-electron chi connectivity index (χ1n) is 14.5. The van der Waals surface area contributed by atoms with Gasteiger partial charge in [0.15, 0.2) is 0 Å². The molecule has 0 aromatic heterocycles. The third-order valence-electron chi connectivity index (χ3n) is 7.99. The van der Waals surface area contributed by atoms with Crippen LogP contribution in [0.2, 0.25) is 0 Å². The Morgan fingerprint density at radius 3 is 2.28 bits per heavy atom. The second-order valence-corrected chi connectivity index (χ2v) is 11.0. The summed E-state index contributed by atoms with van der Waals surface area (Å²) in [5.74, 6) is 6.18. The van der Waals surface area contributed by atoms with E-state index < -0.39 is 0 Å². The second-order valence-electron chi connectivity index (χ2n) is 11.0. The highest BCUT2D eigenvalue weighted by Crippen LogP contribution is 2.28. The molecule has 0 spiro atoms. The minimum Gasteiger partial charge on any atom is -0.339 e. The molecule has 1 fully saturated rings. The minimum absolute atomic E-state index is 0.0352. The molecule has 0 atom stereocenters. The van der Waals surface area contributed by atoms with Crippen LogP contribution >= 0.6 is 0 Å². The van der Waals surface area contributed by atoms with E-state index in [4.69, 9.17) is 5.41 Å². The van der Waals surface area contributed by atoms with E-state index in [1.54, 1.807) is 30.3 Å². The first kappa shape index (κ1) is 29.7. The lowest BCUT2D eigenvalue weighted by Gasteiger charge is -2.32.